The van der Waals surface area contributed by atoms with E-state index in [2.05, 4.69) is 5.32 Å². The predicted molar refractivity (Wildman–Crippen MR) is 64.2 cm³/mol. The Balaban J connectivity index is 1.99. The molecule has 1 fully saturated rings. The predicted octanol–water partition coefficient (Wildman–Crippen LogP) is 3.25. The van der Waals surface area contributed by atoms with Crippen molar-refractivity contribution in [3.05, 3.63) is 28.8 Å². The number of rotatable bonds is 4. The zero-order valence-corrected chi connectivity index (χ0v) is 9.63. The topological polar surface area (TPSA) is 49.3 Å². The van der Waals surface area contributed by atoms with Gasteiger partial charge in [0.05, 0.1) is 10.6 Å². The Morgan fingerprint density at radius 3 is 2.75 bits per heavy atom. The maximum Gasteiger partial charge on any atom is 0.337 e. The molecule has 86 valence electrons. The summed E-state index contributed by atoms with van der Waals surface area (Å²) in [5.41, 5.74) is 1.04. The molecule has 2 N–H and O–H groups in total. The minimum Gasteiger partial charge on any atom is -0.478 e. The molecule has 1 aromatic rings. The Hall–Kier alpha value is -1.22. The van der Waals surface area contributed by atoms with Gasteiger partial charge < -0.3 is 10.4 Å². The number of anilines is 1. The molecule has 1 aliphatic carbocycles. The average molecular weight is 240 g/mol. The highest BCUT2D eigenvalue weighted by atomic mass is 35.5. The van der Waals surface area contributed by atoms with Gasteiger partial charge in [0.1, 0.15) is 0 Å². The molecular weight excluding hydrogens is 226 g/mol. The van der Waals surface area contributed by atoms with Crippen molar-refractivity contribution in [1.82, 2.24) is 0 Å². The van der Waals surface area contributed by atoms with E-state index in [1.54, 1.807) is 12.1 Å². The number of carbonyl (C=O) groups is 1. The number of carboxylic acids is 1. The van der Waals surface area contributed by atoms with E-state index in [4.69, 9.17) is 16.7 Å². The molecule has 1 saturated carbocycles. The molecule has 16 heavy (non-hydrogen) atoms. The fourth-order valence-corrected chi connectivity index (χ4v) is 2.02. The molecule has 0 unspecified atom stereocenters. The summed E-state index contributed by atoms with van der Waals surface area (Å²) in [5.74, 6) is -0.228. The van der Waals surface area contributed by atoms with E-state index in [9.17, 15) is 4.79 Å². The molecule has 0 heterocycles. The first-order chi connectivity index (χ1) is 7.66. The summed E-state index contributed by atoms with van der Waals surface area (Å²) in [6, 6.07) is 4.96. The lowest BCUT2D eigenvalue weighted by Gasteiger charge is -2.25. The highest BCUT2D eigenvalue weighted by Gasteiger charge is 2.17. The molecule has 3 nitrogen and oxygen atoms in total. The third-order valence-electron chi connectivity index (χ3n) is 3.02. The van der Waals surface area contributed by atoms with Crippen molar-refractivity contribution in [3.8, 4) is 0 Å². The second kappa shape index (κ2) is 4.74. The largest absolute Gasteiger partial charge is 0.478 e. The second-order valence-corrected chi connectivity index (χ2v) is 4.58. The van der Waals surface area contributed by atoms with Crippen molar-refractivity contribution in [3.63, 3.8) is 0 Å². The minimum atomic E-state index is -0.990. The Labute approximate surface area is 99.4 Å². The Morgan fingerprint density at radius 2 is 2.25 bits per heavy atom. The molecule has 0 bridgehead atoms. The summed E-state index contributed by atoms with van der Waals surface area (Å²) in [6.07, 6.45) is 3.90. The Morgan fingerprint density at radius 1 is 1.50 bits per heavy atom. The van der Waals surface area contributed by atoms with Crippen LogP contribution < -0.4 is 5.32 Å². The molecule has 4 heteroatoms. The first-order valence-corrected chi connectivity index (χ1v) is 5.81. The van der Waals surface area contributed by atoms with Crippen molar-refractivity contribution >= 4 is 23.3 Å². The highest BCUT2D eigenvalue weighted by Crippen LogP contribution is 2.27. The number of hydrogen-bond acceptors (Lipinski definition) is 2. The third-order valence-corrected chi connectivity index (χ3v) is 3.33. The quantitative estimate of drug-likeness (QED) is 0.848. The van der Waals surface area contributed by atoms with Gasteiger partial charge in [-0.3, -0.25) is 0 Å². The van der Waals surface area contributed by atoms with Crippen molar-refractivity contribution in [2.75, 3.05) is 11.9 Å². The SMILES string of the molecule is O=C(O)c1ccc(NCC2CCC2)cc1Cl. The third kappa shape index (κ3) is 2.47. The number of hydrogen-bond donors (Lipinski definition) is 2. The van der Waals surface area contributed by atoms with Crippen molar-refractivity contribution in [2.45, 2.75) is 19.3 Å². The summed E-state index contributed by atoms with van der Waals surface area (Å²) in [7, 11) is 0. The highest BCUT2D eigenvalue weighted by molar-refractivity contribution is 6.33. The van der Waals surface area contributed by atoms with Crippen LogP contribution >= 0.6 is 11.6 Å². The molecule has 1 aromatic carbocycles. The van der Waals surface area contributed by atoms with Crippen molar-refractivity contribution in [2.24, 2.45) is 5.92 Å². The molecule has 0 aliphatic heterocycles. The molecule has 1 aliphatic rings. The molecule has 0 atom stereocenters. The molecule has 2 rings (SSSR count). The van der Waals surface area contributed by atoms with Gasteiger partial charge in [0, 0.05) is 12.2 Å². The molecular formula is C12H14ClNO2. The van der Waals surface area contributed by atoms with Gasteiger partial charge in [-0.2, -0.15) is 0 Å². The second-order valence-electron chi connectivity index (χ2n) is 4.18. The Bertz CT molecular complexity index is 402. The number of benzene rings is 1. The van der Waals surface area contributed by atoms with Gasteiger partial charge in [-0.05, 0) is 37.0 Å². The molecule has 0 aromatic heterocycles. The van der Waals surface area contributed by atoms with Crippen molar-refractivity contribution in [1.29, 1.82) is 0 Å². The van der Waals surface area contributed by atoms with Crippen LogP contribution in [0.1, 0.15) is 29.6 Å². The number of aromatic carboxylic acids is 1. The summed E-state index contributed by atoms with van der Waals surface area (Å²) in [6.45, 7) is 0.947. The minimum absolute atomic E-state index is 0.149. The van der Waals surface area contributed by atoms with Gasteiger partial charge in [-0.25, -0.2) is 4.79 Å². The van der Waals surface area contributed by atoms with Crippen LogP contribution in [0.2, 0.25) is 5.02 Å². The van der Waals surface area contributed by atoms with E-state index in [0.717, 1.165) is 18.2 Å². The molecule has 0 radical (unpaired) electrons. The maximum absolute atomic E-state index is 10.7. The number of carboxylic acid groups (broad SMARTS) is 1. The number of halogens is 1. The molecule has 0 saturated heterocycles. The lowest BCUT2D eigenvalue weighted by molar-refractivity contribution is 0.0697. The molecule has 0 spiro atoms. The average Bonchev–Trinajstić information content (AvgIpc) is 2.14. The van der Waals surface area contributed by atoms with Crippen LogP contribution in [-0.4, -0.2) is 17.6 Å². The summed E-state index contributed by atoms with van der Waals surface area (Å²) in [4.78, 5) is 10.7. The monoisotopic (exact) mass is 239 g/mol. The van der Waals surface area contributed by atoms with E-state index < -0.39 is 5.97 Å². The van der Waals surface area contributed by atoms with E-state index in [-0.39, 0.29) is 10.6 Å². The summed E-state index contributed by atoms with van der Waals surface area (Å²) < 4.78 is 0. The van der Waals surface area contributed by atoms with E-state index in [1.165, 1.54) is 25.3 Å². The zero-order chi connectivity index (χ0) is 11.5. The van der Waals surface area contributed by atoms with Crippen LogP contribution in [0.25, 0.3) is 0 Å². The van der Waals surface area contributed by atoms with Crippen LogP contribution in [0.3, 0.4) is 0 Å². The van der Waals surface area contributed by atoms with E-state index in [0.29, 0.717) is 0 Å². The van der Waals surface area contributed by atoms with Gasteiger partial charge in [-0.1, -0.05) is 18.0 Å². The fourth-order valence-electron chi connectivity index (χ4n) is 1.76. The lowest BCUT2D eigenvalue weighted by atomic mass is 9.85. The van der Waals surface area contributed by atoms with Gasteiger partial charge in [0.25, 0.3) is 0 Å². The van der Waals surface area contributed by atoms with E-state index in [1.807, 2.05) is 0 Å². The summed E-state index contributed by atoms with van der Waals surface area (Å²) >= 11 is 5.87. The van der Waals surface area contributed by atoms with Crippen LogP contribution in [0.5, 0.6) is 0 Å². The van der Waals surface area contributed by atoms with Gasteiger partial charge >= 0.3 is 5.97 Å². The first-order valence-electron chi connectivity index (χ1n) is 5.43. The standard InChI is InChI=1S/C12H14ClNO2/c13-11-6-9(4-5-10(11)12(15)16)14-7-8-2-1-3-8/h4-6,8,14H,1-3,7H2,(H,15,16). The smallest absolute Gasteiger partial charge is 0.337 e. The number of nitrogens with one attached hydrogen (secondary N) is 1. The fraction of sp³-hybridized carbons (Fsp3) is 0.417. The van der Waals surface area contributed by atoms with Crippen LogP contribution in [0, 0.1) is 5.92 Å². The first kappa shape index (κ1) is 11.3. The van der Waals surface area contributed by atoms with Crippen molar-refractivity contribution < 1.29 is 9.90 Å². The van der Waals surface area contributed by atoms with Gasteiger partial charge in [0.2, 0.25) is 0 Å². The van der Waals surface area contributed by atoms with Crippen LogP contribution in [0.4, 0.5) is 5.69 Å². The lowest BCUT2D eigenvalue weighted by Crippen LogP contribution is -2.20. The Kier molecular flexibility index (Phi) is 3.34. The molecule has 0 amide bonds. The van der Waals surface area contributed by atoms with Crippen LogP contribution in [0.15, 0.2) is 18.2 Å². The maximum atomic E-state index is 10.7. The normalized spacial score (nSPS) is 15.6. The van der Waals surface area contributed by atoms with E-state index >= 15 is 0 Å². The summed E-state index contributed by atoms with van der Waals surface area (Å²) in [5, 5.41) is 12.4. The van der Waals surface area contributed by atoms with Gasteiger partial charge in [-0.15, -0.1) is 0 Å². The zero-order valence-electron chi connectivity index (χ0n) is 8.87. The van der Waals surface area contributed by atoms with Crippen LogP contribution in [-0.2, 0) is 0 Å². The van der Waals surface area contributed by atoms with Gasteiger partial charge in [0.15, 0.2) is 0 Å².